The maximum absolute atomic E-state index is 5.74. The maximum atomic E-state index is 5.74. The zero-order chi connectivity index (χ0) is 14.0. The second-order valence-corrected chi connectivity index (χ2v) is 5.86. The first-order valence-electron chi connectivity index (χ1n) is 6.46. The molecule has 0 saturated heterocycles. The monoisotopic (exact) mass is 276 g/mol. The molecule has 0 saturated carbocycles. The first-order valence-corrected chi connectivity index (χ1v) is 7.34. The smallest absolute Gasteiger partial charge is 0.135 e. The first-order chi connectivity index (χ1) is 9.01. The molecule has 0 bridgehead atoms. The van der Waals surface area contributed by atoms with E-state index >= 15 is 0 Å². The summed E-state index contributed by atoms with van der Waals surface area (Å²) in [6.07, 6.45) is 0.706. The van der Waals surface area contributed by atoms with E-state index in [4.69, 9.17) is 5.73 Å². The summed E-state index contributed by atoms with van der Waals surface area (Å²) in [6, 6.07) is 0. The zero-order valence-electron chi connectivity index (χ0n) is 11.9. The highest BCUT2D eigenvalue weighted by Crippen LogP contribution is 2.21. The molecule has 0 radical (unpaired) electrons. The van der Waals surface area contributed by atoms with Crippen molar-refractivity contribution in [3.05, 3.63) is 38.9 Å². The summed E-state index contributed by atoms with van der Waals surface area (Å²) < 4.78 is 0. The van der Waals surface area contributed by atoms with Gasteiger partial charge in [0.05, 0.1) is 6.42 Å². The van der Waals surface area contributed by atoms with E-state index in [0.29, 0.717) is 18.9 Å². The summed E-state index contributed by atoms with van der Waals surface area (Å²) in [7, 11) is 0. The van der Waals surface area contributed by atoms with Crippen molar-refractivity contribution in [3.8, 4) is 0 Å². The Morgan fingerprint density at radius 3 is 2.26 bits per heavy atom. The predicted octanol–water partition coefficient (Wildman–Crippen LogP) is 2.51. The van der Waals surface area contributed by atoms with Crippen molar-refractivity contribution in [2.45, 2.75) is 40.0 Å². The second-order valence-electron chi connectivity index (χ2n) is 4.92. The van der Waals surface area contributed by atoms with Crippen molar-refractivity contribution in [2.24, 2.45) is 5.73 Å². The summed E-state index contributed by atoms with van der Waals surface area (Å²) in [6.45, 7) is 8.81. The highest BCUT2D eigenvalue weighted by molar-refractivity contribution is 7.09. The third-order valence-corrected chi connectivity index (χ3v) is 4.16. The van der Waals surface area contributed by atoms with Crippen LogP contribution in [0.4, 0.5) is 0 Å². The fraction of sp³-hybridized carbons (Fsp3) is 0.500. The summed E-state index contributed by atoms with van der Waals surface area (Å²) in [5.74, 6) is 1.15. The molecule has 4 nitrogen and oxygen atoms in total. The fourth-order valence-electron chi connectivity index (χ4n) is 2.32. The fourth-order valence-corrected chi connectivity index (χ4v) is 3.09. The molecule has 0 aliphatic carbocycles. The van der Waals surface area contributed by atoms with Gasteiger partial charge in [0.25, 0.3) is 0 Å². The Bertz CT molecular complexity index is 554. The van der Waals surface area contributed by atoms with Gasteiger partial charge in [-0.1, -0.05) is 6.92 Å². The third-order valence-electron chi connectivity index (χ3n) is 3.20. The van der Waals surface area contributed by atoms with E-state index in [0.717, 1.165) is 27.9 Å². The summed E-state index contributed by atoms with van der Waals surface area (Å²) in [5, 5.41) is 3.12. The zero-order valence-corrected chi connectivity index (χ0v) is 12.7. The van der Waals surface area contributed by atoms with Crippen LogP contribution in [0, 0.1) is 20.8 Å². The molecule has 0 fully saturated rings. The van der Waals surface area contributed by atoms with Crippen LogP contribution in [0.15, 0.2) is 5.38 Å². The summed E-state index contributed by atoms with van der Waals surface area (Å²) >= 11 is 1.66. The number of nitrogens with zero attached hydrogens (tertiary/aromatic N) is 3. The highest BCUT2D eigenvalue weighted by atomic mass is 32.1. The molecular formula is C14H20N4S. The molecule has 102 valence electrons. The average Bonchev–Trinajstić information content (AvgIpc) is 2.73. The minimum Gasteiger partial charge on any atom is -0.330 e. The number of thiazole rings is 1. The molecule has 2 aromatic heterocycles. The van der Waals surface area contributed by atoms with E-state index in [9.17, 15) is 0 Å². The molecule has 2 rings (SSSR count). The molecule has 0 spiro atoms. The Morgan fingerprint density at radius 1 is 1.16 bits per heavy atom. The largest absolute Gasteiger partial charge is 0.330 e. The minimum atomic E-state index is 0.302. The van der Waals surface area contributed by atoms with Gasteiger partial charge in [0.15, 0.2) is 0 Å². The quantitative estimate of drug-likeness (QED) is 0.932. The summed E-state index contributed by atoms with van der Waals surface area (Å²) in [4.78, 5) is 13.7. The Hall–Kier alpha value is -1.33. The van der Waals surface area contributed by atoms with Crippen molar-refractivity contribution < 1.29 is 0 Å². The normalized spacial score (nSPS) is 12.7. The van der Waals surface area contributed by atoms with Gasteiger partial charge in [0.1, 0.15) is 10.8 Å². The highest BCUT2D eigenvalue weighted by Gasteiger charge is 2.14. The third kappa shape index (κ3) is 3.16. The Labute approximate surface area is 118 Å². The topological polar surface area (TPSA) is 64.7 Å². The predicted molar refractivity (Wildman–Crippen MR) is 78.6 cm³/mol. The summed E-state index contributed by atoms with van der Waals surface area (Å²) in [5.41, 5.74) is 10.1. The number of hydrogen-bond acceptors (Lipinski definition) is 5. The van der Waals surface area contributed by atoms with Gasteiger partial charge in [-0.25, -0.2) is 15.0 Å². The van der Waals surface area contributed by atoms with Crippen LogP contribution >= 0.6 is 11.3 Å². The van der Waals surface area contributed by atoms with Crippen molar-refractivity contribution >= 4 is 11.3 Å². The van der Waals surface area contributed by atoms with Crippen LogP contribution in [0.2, 0.25) is 0 Å². The standard InChI is InChI=1S/C14H20N4S/c1-8(6-15)14-10(3)17-12(18-11(14)4)5-13-16-9(2)7-19-13/h7-8H,5-6,15H2,1-4H3. The first kappa shape index (κ1) is 14.1. The number of rotatable bonds is 4. The molecule has 5 heteroatoms. The number of aryl methyl sites for hydroxylation is 3. The molecule has 2 heterocycles. The van der Waals surface area contributed by atoms with Gasteiger partial charge in [0, 0.05) is 22.5 Å². The molecule has 2 N–H and O–H groups in total. The molecule has 2 aromatic rings. The van der Waals surface area contributed by atoms with Gasteiger partial charge in [0.2, 0.25) is 0 Å². The van der Waals surface area contributed by atoms with Gasteiger partial charge < -0.3 is 5.73 Å². The lowest BCUT2D eigenvalue weighted by atomic mass is 9.98. The Morgan fingerprint density at radius 2 is 1.79 bits per heavy atom. The van der Waals surface area contributed by atoms with Gasteiger partial charge in [-0.2, -0.15) is 0 Å². The van der Waals surface area contributed by atoms with Crippen LogP contribution in [0.5, 0.6) is 0 Å². The van der Waals surface area contributed by atoms with Crippen LogP contribution in [0.25, 0.3) is 0 Å². The van der Waals surface area contributed by atoms with E-state index in [-0.39, 0.29) is 0 Å². The van der Waals surface area contributed by atoms with Gasteiger partial charge in [-0.05, 0) is 38.8 Å². The van der Waals surface area contributed by atoms with Crippen molar-refractivity contribution in [1.82, 2.24) is 15.0 Å². The minimum absolute atomic E-state index is 0.302. The average molecular weight is 276 g/mol. The SMILES string of the molecule is Cc1csc(Cc2nc(C)c(C(C)CN)c(C)n2)n1. The second kappa shape index (κ2) is 5.75. The van der Waals surface area contributed by atoms with Gasteiger partial charge >= 0.3 is 0 Å². The molecule has 0 aliphatic rings. The lowest BCUT2D eigenvalue weighted by molar-refractivity contribution is 0.733. The van der Waals surface area contributed by atoms with Crippen LogP contribution in [0.3, 0.4) is 0 Å². The lowest BCUT2D eigenvalue weighted by Crippen LogP contribution is -2.15. The lowest BCUT2D eigenvalue weighted by Gasteiger charge is -2.15. The molecule has 1 atom stereocenters. The molecule has 1 unspecified atom stereocenters. The van der Waals surface area contributed by atoms with Crippen LogP contribution in [-0.2, 0) is 6.42 Å². The van der Waals surface area contributed by atoms with Crippen molar-refractivity contribution in [2.75, 3.05) is 6.54 Å². The molecule has 0 aromatic carbocycles. The molecule has 0 aliphatic heterocycles. The maximum Gasteiger partial charge on any atom is 0.135 e. The van der Waals surface area contributed by atoms with E-state index in [1.165, 1.54) is 5.56 Å². The van der Waals surface area contributed by atoms with Crippen molar-refractivity contribution in [1.29, 1.82) is 0 Å². The molecule has 0 amide bonds. The van der Waals surface area contributed by atoms with E-state index in [1.54, 1.807) is 11.3 Å². The number of nitrogens with two attached hydrogens (primary N) is 1. The van der Waals surface area contributed by atoms with Crippen LogP contribution in [-0.4, -0.2) is 21.5 Å². The molecular weight excluding hydrogens is 256 g/mol. The van der Waals surface area contributed by atoms with Crippen LogP contribution < -0.4 is 5.73 Å². The van der Waals surface area contributed by atoms with Gasteiger partial charge in [-0.15, -0.1) is 11.3 Å². The van der Waals surface area contributed by atoms with E-state index < -0.39 is 0 Å². The Kier molecular flexibility index (Phi) is 4.27. The number of hydrogen-bond donors (Lipinski definition) is 1. The Balaban J connectivity index is 2.29. The van der Waals surface area contributed by atoms with E-state index in [2.05, 4.69) is 27.3 Å². The molecule has 19 heavy (non-hydrogen) atoms. The van der Waals surface area contributed by atoms with Gasteiger partial charge in [-0.3, -0.25) is 0 Å². The number of aromatic nitrogens is 3. The van der Waals surface area contributed by atoms with Crippen LogP contribution in [0.1, 0.15) is 46.3 Å². The van der Waals surface area contributed by atoms with Crippen molar-refractivity contribution in [3.63, 3.8) is 0 Å². The van der Waals surface area contributed by atoms with E-state index in [1.807, 2.05) is 20.8 Å².